The van der Waals surface area contributed by atoms with Crippen molar-refractivity contribution in [3.8, 4) is 0 Å². The Morgan fingerprint density at radius 1 is 1.00 bits per heavy atom. The Labute approximate surface area is 201 Å². The third-order valence-electron chi connectivity index (χ3n) is 7.70. The first-order chi connectivity index (χ1) is 16.6. The molecule has 5 heteroatoms. The van der Waals surface area contributed by atoms with Gasteiger partial charge in [-0.2, -0.15) is 5.10 Å². The van der Waals surface area contributed by atoms with Crippen LogP contribution in [0, 0.1) is 11.7 Å². The number of carbonyl (C=O) groups is 1. The first-order valence-corrected chi connectivity index (χ1v) is 12.7. The fourth-order valence-corrected chi connectivity index (χ4v) is 5.69. The smallest absolute Gasteiger partial charge is 0.225 e. The number of likely N-dealkylation sites (tertiary alicyclic amines) is 1. The molecule has 1 saturated heterocycles. The molecule has 0 bridgehead atoms. The summed E-state index contributed by atoms with van der Waals surface area (Å²) in [5.41, 5.74) is 5.74. The lowest BCUT2D eigenvalue weighted by Crippen LogP contribution is -2.44. The van der Waals surface area contributed by atoms with E-state index in [9.17, 15) is 9.18 Å². The van der Waals surface area contributed by atoms with Gasteiger partial charge in [-0.25, -0.2) is 4.39 Å². The van der Waals surface area contributed by atoms with E-state index in [1.54, 1.807) is 0 Å². The van der Waals surface area contributed by atoms with E-state index in [4.69, 9.17) is 0 Å². The van der Waals surface area contributed by atoms with Gasteiger partial charge in [-0.1, -0.05) is 56.2 Å². The topological polar surface area (TPSA) is 49.0 Å². The van der Waals surface area contributed by atoms with E-state index in [-0.39, 0.29) is 17.7 Å². The molecule has 1 aliphatic heterocycles. The van der Waals surface area contributed by atoms with Gasteiger partial charge in [0.2, 0.25) is 5.91 Å². The molecule has 1 saturated carbocycles. The molecule has 2 aromatic carbocycles. The van der Waals surface area contributed by atoms with Gasteiger partial charge in [0.05, 0.1) is 5.69 Å². The molecule has 2 aliphatic rings. The minimum atomic E-state index is -0.221. The standard InChI is InChI=1S/C29H34FN3O/c1-2-20-7-11-22(12-8-20)24-16-25(19-33(18-24)29(34)23-5-3-4-6-23)28-17-27(31-32-28)15-21-9-13-26(30)14-10-21/h7-14,17,23-25H,2-6,15-16,18-19H2,1H3,(H,31,32). The third kappa shape index (κ3) is 5.08. The summed E-state index contributed by atoms with van der Waals surface area (Å²) >= 11 is 0. The van der Waals surface area contributed by atoms with Crippen LogP contribution >= 0.6 is 0 Å². The highest BCUT2D eigenvalue weighted by molar-refractivity contribution is 5.79. The summed E-state index contributed by atoms with van der Waals surface area (Å²) in [6, 6.07) is 17.7. The molecule has 2 heterocycles. The number of amides is 1. The number of rotatable bonds is 6. The van der Waals surface area contributed by atoms with Crippen molar-refractivity contribution in [2.24, 2.45) is 5.92 Å². The predicted octanol–water partition coefficient (Wildman–Crippen LogP) is 5.99. The second-order valence-electron chi connectivity index (χ2n) is 10.1. The second kappa shape index (κ2) is 10.1. The van der Waals surface area contributed by atoms with E-state index < -0.39 is 0 Å². The van der Waals surface area contributed by atoms with Gasteiger partial charge in [0.1, 0.15) is 5.82 Å². The molecule has 3 aromatic rings. The highest BCUT2D eigenvalue weighted by Crippen LogP contribution is 2.37. The molecule has 1 aromatic heterocycles. The molecular formula is C29H34FN3O. The maximum Gasteiger partial charge on any atom is 0.225 e. The van der Waals surface area contributed by atoms with Crippen LogP contribution < -0.4 is 0 Å². The van der Waals surface area contributed by atoms with Crippen LogP contribution in [0.4, 0.5) is 4.39 Å². The van der Waals surface area contributed by atoms with E-state index in [1.807, 2.05) is 12.1 Å². The molecule has 34 heavy (non-hydrogen) atoms. The van der Waals surface area contributed by atoms with Crippen molar-refractivity contribution in [1.29, 1.82) is 0 Å². The van der Waals surface area contributed by atoms with Crippen LogP contribution in [0.5, 0.6) is 0 Å². The molecule has 1 amide bonds. The van der Waals surface area contributed by atoms with E-state index >= 15 is 0 Å². The van der Waals surface area contributed by atoms with Gasteiger partial charge in [-0.05, 0) is 60.6 Å². The number of carbonyl (C=O) groups excluding carboxylic acids is 1. The predicted molar refractivity (Wildman–Crippen MR) is 132 cm³/mol. The Kier molecular flexibility index (Phi) is 6.80. The fourth-order valence-electron chi connectivity index (χ4n) is 5.69. The van der Waals surface area contributed by atoms with Gasteiger partial charge < -0.3 is 4.90 Å². The fraction of sp³-hybridized carbons (Fsp3) is 0.448. The molecule has 4 nitrogen and oxygen atoms in total. The maximum atomic E-state index is 13.4. The lowest BCUT2D eigenvalue weighted by Gasteiger charge is -2.38. The van der Waals surface area contributed by atoms with Crippen LogP contribution in [0.25, 0.3) is 0 Å². The number of nitrogens with zero attached hydrogens (tertiary/aromatic N) is 2. The Morgan fingerprint density at radius 2 is 1.68 bits per heavy atom. The number of piperidine rings is 1. The zero-order valence-corrected chi connectivity index (χ0v) is 20.0. The van der Waals surface area contributed by atoms with Crippen molar-refractivity contribution >= 4 is 5.91 Å². The summed E-state index contributed by atoms with van der Waals surface area (Å²) in [7, 11) is 0. The Bertz CT molecular complexity index is 1100. The monoisotopic (exact) mass is 459 g/mol. The Hall–Kier alpha value is -2.95. The number of hydrogen-bond donors (Lipinski definition) is 1. The number of aromatic nitrogens is 2. The van der Waals surface area contributed by atoms with Crippen LogP contribution in [0.1, 0.15) is 78.9 Å². The van der Waals surface area contributed by atoms with Crippen molar-refractivity contribution in [2.45, 2.75) is 63.7 Å². The Morgan fingerprint density at radius 3 is 2.38 bits per heavy atom. The van der Waals surface area contributed by atoms with E-state index in [0.717, 1.165) is 55.7 Å². The average molecular weight is 460 g/mol. The van der Waals surface area contributed by atoms with Crippen molar-refractivity contribution in [3.63, 3.8) is 0 Å². The molecule has 2 atom stereocenters. The van der Waals surface area contributed by atoms with Crippen LogP contribution in [0.15, 0.2) is 54.6 Å². The Balaban J connectivity index is 1.36. The summed E-state index contributed by atoms with van der Waals surface area (Å²) in [6.45, 7) is 3.71. The molecule has 2 fully saturated rings. The maximum absolute atomic E-state index is 13.4. The van der Waals surface area contributed by atoms with Crippen molar-refractivity contribution in [1.82, 2.24) is 15.1 Å². The van der Waals surface area contributed by atoms with Crippen molar-refractivity contribution in [2.75, 3.05) is 13.1 Å². The summed E-state index contributed by atoms with van der Waals surface area (Å²) < 4.78 is 13.3. The molecule has 1 N–H and O–H groups in total. The van der Waals surface area contributed by atoms with Gasteiger partial charge in [0.15, 0.2) is 0 Å². The summed E-state index contributed by atoms with van der Waals surface area (Å²) in [5.74, 6) is 0.816. The number of benzene rings is 2. The van der Waals surface area contributed by atoms with E-state index in [0.29, 0.717) is 18.2 Å². The van der Waals surface area contributed by atoms with Crippen LogP contribution in [0.2, 0.25) is 0 Å². The van der Waals surface area contributed by atoms with E-state index in [2.05, 4.69) is 52.4 Å². The highest BCUT2D eigenvalue weighted by atomic mass is 19.1. The number of halogens is 1. The first kappa shape index (κ1) is 22.8. The quantitative estimate of drug-likeness (QED) is 0.492. The number of aromatic amines is 1. The summed E-state index contributed by atoms with van der Waals surface area (Å²) in [6.07, 6.45) is 7.10. The molecule has 5 rings (SSSR count). The summed E-state index contributed by atoms with van der Waals surface area (Å²) in [4.78, 5) is 15.5. The molecule has 178 valence electrons. The molecule has 2 unspecified atom stereocenters. The normalized spacial score (nSPS) is 21.2. The summed E-state index contributed by atoms with van der Waals surface area (Å²) in [5, 5.41) is 7.85. The van der Waals surface area contributed by atoms with Crippen LogP contribution in [-0.2, 0) is 17.6 Å². The largest absolute Gasteiger partial charge is 0.341 e. The number of aryl methyl sites for hydroxylation is 1. The van der Waals surface area contributed by atoms with Gasteiger partial charge in [0, 0.05) is 43.0 Å². The van der Waals surface area contributed by atoms with Crippen molar-refractivity contribution in [3.05, 3.63) is 88.5 Å². The highest BCUT2D eigenvalue weighted by Gasteiger charge is 2.36. The lowest BCUT2D eigenvalue weighted by molar-refractivity contribution is -0.137. The van der Waals surface area contributed by atoms with Crippen LogP contribution in [0.3, 0.4) is 0 Å². The minimum Gasteiger partial charge on any atom is -0.341 e. The zero-order chi connectivity index (χ0) is 23.5. The van der Waals surface area contributed by atoms with E-state index in [1.165, 1.54) is 36.1 Å². The molecule has 0 radical (unpaired) electrons. The van der Waals surface area contributed by atoms with Gasteiger partial charge in [-0.3, -0.25) is 9.89 Å². The molecule has 1 aliphatic carbocycles. The lowest BCUT2D eigenvalue weighted by atomic mass is 9.82. The number of nitrogens with one attached hydrogen (secondary N) is 1. The third-order valence-corrected chi connectivity index (χ3v) is 7.70. The minimum absolute atomic E-state index is 0.190. The molecular weight excluding hydrogens is 425 g/mol. The van der Waals surface area contributed by atoms with Crippen LogP contribution in [-0.4, -0.2) is 34.1 Å². The number of hydrogen-bond acceptors (Lipinski definition) is 2. The zero-order valence-electron chi connectivity index (χ0n) is 20.0. The first-order valence-electron chi connectivity index (χ1n) is 12.7. The van der Waals surface area contributed by atoms with Gasteiger partial charge >= 0.3 is 0 Å². The number of H-pyrrole nitrogens is 1. The van der Waals surface area contributed by atoms with Gasteiger partial charge in [-0.15, -0.1) is 0 Å². The second-order valence-corrected chi connectivity index (χ2v) is 10.1. The molecule has 0 spiro atoms. The van der Waals surface area contributed by atoms with Gasteiger partial charge in [0.25, 0.3) is 0 Å². The van der Waals surface area contributed by atoms with Crippen molar-refractivity contribution < 1.29 is 9.18 Å². The SMILES string of the molecule is CCc1ccc(C2CC(c3cc(Cc4ccc(F)cc4)[nH]n3)CN(C(=O)C3CCCC3)C2)cc1. The average Bonchev–Trinajstić information content (AvgIpc) is 3.58.